The van der Waals surface area contributed by atoms with Crippen LogP contribution < -0.4 is 4.57 Å². The number of hydrogen-bond donors (Lipinski definition) is 0. The van der Waals surface area contributed by atoms with Crippen molar-refractivity contribution in [2.45, 2.75) is 116 Å². The van der Waals surface area contributed by atoms with Crippen LogP contribution >= 0.6 is 0 Å². The van der Waals surface area contributed by atoms with Gasteiger partial charge in [0.05, 0.1) is 0 Å². The highest BCUT2D eigenvalue weighted by atomic mass is 14.9. The molecule has 1 aromatic carbocycles. The van der Waals surface area contributed by atoms with Gasteiger partial charge in [0.15, 0.2) is 18.9 Å². The average Bonchev–Trinajstić information content (AvgIpc) is 2.83. The largest absolute Gasteiger partial charge is 0.201 e. The van der Waals surface area contributed by atoms with Crippen molar-refractivity contribution < 1.29 is 4.57 Å². The highest BCUT2D eigenvalue weighted by Crippen LogP contribution is 2.14. The minimum atomic E-state index is 0.934. The number of allylic oxidation sites excluding steroid dienone is 1. The fraction of sp³-hybridized carbons (Fsp3) is 0.581. The molecule has 0 spiro atoms. The van der Waals surface area contributed by atoms with Gasteiger partial charge in [-0.2, -0.15) is 0 Å². The molecular weight excluding hydrogens is 386 g/mol. The van der Waals surface area contributed by atoms with Gasteiger partial charge in [-0.3, -0.25) is 0 Å². The van der Waals surface area contributed by atoms with Crippen LogP contribution in [0.3, 0.4) is 0 Å². The maximum Gasteiger partial charge on any atom is 0.173 e. The van der Waals surface area contributed by atoms with Crippen molar-refractivity contribution in [2.75, 3.05) is 0 Å². The van der Waals surface area contributed by atoms with Gasteiger partial charge in [0.25, 0.3) is 0 Å². The summed E-state index contributed by atoms with van der Waals surface area (Å²) in [6.07, 6.45) is 31.7. The second-order valence-electron chi connectivity index (χ2n) is 9.43. The lowest BCUT2D eigenvalue weighted by Gasteiger charge is -2.03. The number of aromatic nitrogens is 1. The van der Waals surface area contributed by atoms with E-state index >= 15 is 0 Å². The Bertz CT molecular complexity index is 686. The molecule has 1 heterocycles. The predicted molar refractivity (Wildman–Crippen MR) is 141 cm³/mol. The minimum absolute atomic E-state index is 0.934. The highest BCUT2D eigenvalue weighted by molar-refractivity contribution is 5.47. The molecule has 32 heavy (non-hydrogen) atoms. The molecular formula is C31H48N+. The van der Waals surface area contributed by atoms with Crippen molar-refractivity contribution in [3.05, 3.63) is 72.1 Å². The normalized spacial score (nSPS) is 11.4. The first-order valence-electron chi connectivity index (χ1n) is 13.6. The molecule has 0 bridgehead atoms. The number of rotatable bonds is 19. The number of hydrogen-bond acceptors (Lipinski definition) is 0. The first-order chi connectivity index (χ1) is 15.9. The zero-order chi connectivity index (χ0) is 22.5. The summed E-state index contributed by atoms with van der Waals surface area (Å²) < 4.78 is 2.24. The molecule has 176 valence electrons. The van der Waals surface area contributed by atoms with Gasteiger partial charge in [-0.15, -0.1) is 0 Å². The second kappa shape index (κ2) is 18.7. The van der Waals surface area contributed by atoms with Crippen molar-refractivity contribution in [3.63, 3.8) is 0 Å². The van der Waals surface area contributed by atoms with E-state index in [2.05, 4.69) is 78.5 Å². The Labute approximate surface area is 199 Å². The Balaban J connectivity index is 1.39. The van der Waals surface area contributed by atoms with E-state index in [1.807, 2.05) is 0 Å². The van der Waals surface area contributed by atoms with Gasteiger partial charge in [-0.05, 0) is 18.4 Å². The van der Waals surface area contributed by atoms with Gasteiger partial charge < -0.3 is 0 Å². The van der Waals surface area contributed by atoms with Gasteiger partial charge in [-0.1, -0.05) is 139 Å². The van der Waals surface area contributed by atoms with Crippen LogP contribution in [-0.4, -0.2) is 0 Å². The SMILES string of the molecule is CCCCCCCCCCCCCCCCCC=Cc1cc[n+](Cc2ccccc2)cc1. The van der Waals surface area contributed by atoms with Gasteiger partial charge in [0, 0.05) is 17.7 Å². The fourth-order valence-corrected chi connectivity index (χ4v) is 4.33. The molecule has 0 aliphatic carbocycles. The monoisotopic (exact) mass is 434 g/mol. The molecule has 0 saturated carbocycles. The minimum Gasteiger partial charge on any atom is -0.201 e. The predicted octanol–water partition coefficient (Wildman–Crippen LogP) is 9.30. The molecule has 2 rings (SSSR count). The van der Waals surface area contributed by atoms with E-state index in [1.54, 1.807) is 0 Å². The molecule has 0 fully saturated rings. The second-order valence-corrected chi connectivity index (χ2v) is 9.43. The van der Waals surface area contributed by atoms with E-state index in [4.69, 9.17) is 0 Å². The molecule has 0 N–H and O–H groups in total. The van der Waals surface area contributed by atoms with Crippen LogP contribution in [0.5, 0.6) is 0 Å². The summed E-state index contributed by atoms with van der Waals surface area (Å²) in [5.74, 6) is 0. The van der Waals surface area contributed by atoms with Crippen LogP contribution in [0.15, 0.2) is 60.9 Å². The zero-order valence-corrected chi connectivity index (χ0v) is 20.8. The molecule has 1 heteroatoms. The molecule has 0 aliphatic heterocycles. The van der Waals surface area contributed by atoms with E-state index in [0.29, 0.717) is 0 Å². The lowest BCUT2D eigenvalue weighted by Crippen LogP contribution is -2.32. The Kier molecular flexibility index (Phi) is 15.4. The lowest BCUT2D eigenvalue weighted by atomic mass is 10.0. The summed E-state index contributed by atoms with van der Waals surface area (Å²) in [5, 5.41) is 0. The summed E-state index contributed by atoms with van der Waals surface area (Å²) >= 11 is 0. The van der Waals surface area contributed by atoms with E-state index < -0.39 is 0 Å². The van der Waals surface area contributed by atoms with Crippen molar-refractivity contribution in [1.82, 2.24) is 0 Å². The Morgan fingerprint density at radius 1 is 0.594 bits per heavy atom. The Hall–Kier alpha value is -1.89. The third-order valence-electron chi connectivity index (χ3n) is 6.41. The number of nitrogens with zero attached hydrogens (tertiary/aromatic N) is 1. The zero-order valence-electron chi connectivity index (χ0n) is 20.8. The molecule has 0 amide bonds. The smallest absolute Gasteiger partial charge is 0.173 e. The van der Waals surface area contributed by atoms with Crippen LogP contribution in [0.2, 0.25) is 0 Å². The number of benzene rings is 1. The van der Waals surface area contributed by atoms with Gasteiger partial charge in [0.1, 0.15) is 0 Å². The van der Waals surface area contributed by atoms with Gasteiger partial charge in [0.2, 0.25) is 0 Å². The highest BCUT2D eigenvalue weighted by Gasteiger charge is 2.01. The summed E-state index contributed by atoms with van der Waals surface area (Å²) in [6, 6.07) is 15.1. The van der Waals surface area contributed by atoms with Crippen molar-refractivity contribution in [1.29, 1.82) is 0 Å². The van der Waals surface area contributed by atoms with E-state index in [9.17, 15) is 0 Å². The molecule has 0 saturated heterocycles. The van der Waals surface area contributed by atoms with Crippen molar-refractivity contribution in [3.8, 4) is 0 Å². The molecule has 1 aromatic heterocycles. The quantitative estimate of drug-likeness (QED) is 0.153. The number of unbranched alkanes of at least 4 members (excludes halogenated alkanes) is 15. The van der Waals surface area contributed by atoms with E-state index in [1.165, 1.54) is 114 Å². The van der Waals surface area contributed by atoms with Crippen LogP contribution in [0.25, 0.3) is 6.08 Å². The summed E-state index contributed by atoms with van der Waals surface area (Å²) in [5.41, 5.74) is 2.64. The summed E-state index contributed by atoms with van der Waals surface area (Å²) in [4.78, 5) is 0. The standard InChI is InChI=1S/C31H48N/c1-2-3-4-5-6-7-8-9-10-11-12-13-14-15-16-17-19-22-30-25-27-32(28-26-30)29-31-23-20-18-21-24-31/h18-28H,2-17,29H2,1H3/q+1. The molecule has 0 aliphatic rings. The maximum absolute atomic E-state index is 2.35. The van der Waals surface area contributed by atoms with E-state index in [0.717, 1.165) is 6.54 Å². The van der Waals surface area contributed by atoms with Crippen molar-refractivity contribution in [2.24, 2.45) is 0 Å². The topological polar surface area (TPSA) is 3.88 Å². The first kappa shape index (κ1) is 26.4. The molecule has 0 atom stereocenters. The first-order valence-corrected chi connectivity index (χ1v) is 13.6. The van der Waals surface area contributed by atoms with Gasteiger partial charge in [-0.25, -0.2) is 4.57 Å². The summed E-state index contributed by atoms with van der Waals surface area (Å²) in [7, 11) is 0. The number of pyridine rings is 1. The molecule has 1 nitrogen and oxygen atoms in total. The Morgan fingerprint density at radius 2 is 1.09 bits per heavy atom. The lowest BCUT2D eigenvalue weighted by molar-refractivity contribution is -0.688. The maximum atomic E-state index is 2.35. The fourth-order valence-electron chi connectivity index (χ4n) is 4.33. The van der Waals surface area contributed by atoms with Crippen molar-refractivity contribution >= 4 is 6.08 Å². The van der Waals surface area contributed by atoms with E-state index in [-0.39, 0.29) is 0 Å². The molecule has 2 aromatic rings. The molecule has 0 unspecified atom stereocenters. The third kappa shape index (κ3) is 13.5. The Morgan fingerprint density at radius 3 is 1.62 bits per heavy atom. The molecule has 0 radical (unpaired) electrons. The van der Waals surface area contributed by atoms with Gasteiger partial charge >= 0.3 is 0 Å². The van der Waals surface area contributed by atoms with Crippen LogP contribution in [0.1, 0.15) is 121 Å². The van der Waals surface area contributed by atoms with Crippen LogP contribution in [0, 0.1) is 0 Å². The summed E-state index contributed by atoms with van der Waals surface area (Å²) in [6.45, 7) is 3.23. The van der Waals surface area contributed by atoms with Crippen LogP contribution in [-0.2, 0) is 6.54 Å². The van der Waals surface area contributed by atoms with Crippen LogP contribution in [0.4, 0.5) is 0 Å². The third-order valence-corrected chi connectivity index (χ3v) is 6.41. The average molecular weight is 435 g/mol.